The average Bonchev–Trinajstić information content (AvgIpc) is 3.03. The van der Waals surface area contributed by atoms with Gasteiger partial charge in [-0.1, -0.05) is 18.6 Å². The van der Waals surface area contributed by atoms with E-state index in [0.29, 0.717) is 10.7 Å². The summed E-state index contributed by atoms with van der Waals surface area (Å²) in [6.45, 7) is 0. The van der Waals surface area contributed by atoms with Crippen molar-refractivity contribution in [1.29, 1.82) is 0 Å². The molecule has 2 aromatic heterocycles. The molecule has 0 spiro atoms. The largest absolute Gasteiger partial charge is 0.330 e. The summed E-state index contributed by atoms with van der Waals surface area (Å²) in [4.78, 5) is 11.7. The summed E-state index contributed by atoms with van der Waals surface area (Å²) in [6.07, 6.45) is 9.11. The van der Waals surface area contributed by atoms with Gasteiger partial charge in [-0.05, 0) is 31.1 Å². The van der Waals surface area contributed by atoms with Gasteiger partial charge in [0, 0.05) is 6.04 Å². The van der Waals surface area contributed by atoms with Crippen molar-refractivity contribution in [2.24, 2.45) is 11.8 Å². The Labute approximate surface area is 104 Å². The van der Waals surface area contributed by atoms with Gasteiger partial charge < -0.3 is 9.55 Å². The molecule has 0 aromatic carbocycles. The van der Waals surface area contributed by atoms with Crippen molar-refractivity contribution < 1.29 is 0 Å². The fraction of sp³-hybridized carbons (Fsp3) is 0.583. The molecule has 5 heteroatoms. The number of imidazole rings is 1. The molecule has 4 nitrogen and oxygen atoms in total. The van der Waals surface area contributed by atoms with Crippen molar-refractivity contribution >= 4 is 23.4 Å². The molecular weight excluding hydrogens is 232 g/mol. The van der Waals surface area contributed by atoms with Gasteiger partial charge in [-0.15, -0.1) is 0 Å². The standard InChI is InChI=1S/C12H14N4S/c17-12-10-11(13-5-14-12)16(6-15-10)9-4-7-1-2-8(9)3-7/h5-9H,1-4H2,(H,13,14,17)/t7-,8+,9+/m0/s1. The minimum absolute atomic E-state index is 0.598. The first-order valence-electron chi connectivity index (χ1n) is 6.23. The number of rotatable bonds is 1. The van der Waals surface area contributed by atoms with Crippen LogP contribution in [0.2, 0.25) is 0 Å². The molecule has 88 valence electrons. The highest BCUT2D eigenvalue weighted by atomic mass is 32.1. The van der Waals surface area contributed by atoms with Crippen LogP contribution in [-0.4, -0.2) is 19.5 Å². The van der Waals surface area contributed by atoms with E-state index in [1.807, 2.05) is 6.33 Å². The maximum atomic E-state index is 5.20. The average molecular weight is 246 g/mol. The lowest BCUT2D eigenvalue weighted by atomic mass is 9.95. The molecule has 2 fully saturated rings. The van der Waals surface area contributed by atoms with E-state index >= 15 is 0 Å². The Morgan fingerprint density at radius 2 is 2.24 bits per heavy atom. The Bertz CT molecular complexity index is 629. The summed E-state index contributed by atoms with van der Waals surface area (Å²) in [5.74, 6) is 1.78. The zero-order chi connectivity index (χ0) is 11.4. The molecule has 0 saturated heterocycles. The fourth-order valence-electron chi connectivity index (χ4n) is 3.68. The monoisotopic (exact) mass is 246 g/mol. The predicted octanol–water partition coefficient (Wildman–Crippen LogP) is 2.85. The molecule has 0 unspecified atom stereocenters. The highest BCUT2D eigenvalue weighted by molar-refractivity contribution is 7.71. The van der Waals surface area contributed by atoms with E-state index in [4.69, 9.17) is 12.2 Å². The van der Waals surface area contributed by atoms with Crippen LogP contribution in [0, 0.1) is 16.5 Å². The molecule has 0 amide bonds. The van der Waals surface area contributed by atoms with Gasteiger partial charge in [0.05, 0.1) is 12.7 Å². The normalized spacial score (nSPS) is 31.4. The molecule has 0 radical (unpaired) electrons. The molecule has 2 aromatic rings. The molecule has 1 N–H and O–H groups in total. The smallest absolute Gasteiger partial charge is 0.157 e. The summed E-state index contributed by atoms with van der Waals surface area (Å²) < 4.78 is 2.89. The number of nitrogens with zero attached hydrogens (tertiary/aromatic N) is 3. The van der Waals surface area contributed by atoms with Crippen LogP contribution in [0.5, 0.6) is 0 Å². The highest BCUT2D eigenvalue weighted by Gasteiger charge is 2.40. The van der Waals surface area contributed by atoms with Crippen molar-refractivity contribution in [3.05, 3.63) is 17.3 Å². The third kappa shape index (κ3) is 1.32. The second-order valence-electron chi connectivity index (χ2n) is 5.30. The topological polar surface area (TPSA) is 46.5 Å². The Morgan fingerprint density at radius 3 is 3.00 bits per heavy atom. The predicted molar refractivity (Wildman–Crippen MR) is 67.2 cm³/mol. The van der Waals surface area contributed by atoms with Crippen molar-refractivity contribution in [2.75, 3.05) is 0 Å². The second-order valence-corrected chi connectivity index (χ2v) is 5.69. The molecule has 2 bridgehead atoms. The van der Waals surface area contributed by atoms with E-state index in [2.05, 4.69) is 19.5 Å². The lowest BCUT2D eigenvalue weighted by molar-refractivity contribution is 0.334. The van der Waals surface area contributed by atoms with Gasteiger partial charge in [0.25, 0.3) is 0 Å². The van der Waals surface area contributed by atoms with E-state index in [1.54, 1.807) is 6.33 Å². The van der Waals surface area contributed by atoms with E-state index < -0.39 is 0 Å². The second kappa shape index (κ2) is 3.38. The maximum absolute atomic E-state index is 5.20. The molecule has 2 saturated carbocycles. The van der Waals surface area contributed by atoms with Crippen molar-refractivity contribution in [2.45, 2.75) is 31.7 Å². The number of nitrogens with one attached hydrogen (secondary N) is 1. The number of H-pyrrole nitrogens is 1. The SMILES string of the molecule is S=c1nc[nH]c2c1ncn2[C@@H]1C[C@H]2CC[C@@H]1C2. The van der Waals surface area contributed by atoms with Gasteiger partial charge in [-0.2, -0.15) is 0 Å². The number of hydrogen-bond acceptors (Lipinski definition) is 3. The quantitative estimate of drug-likeness (QED) is 0.787. The van der Waals surface area contributed by atoms with E-state index in [-0.39, 0.29) is 0 Å². The molecule has 2 aliphatic carbocycles. The van der Waals surface area contributed by atoms with Crippen molar-refractivity contribution in [1.82, 2.24) is 19.5 Å². The summed E-state index contributed by atoms with van der Waals surface area (Å²) in [5, 5.41) is 0. The molecule has 4 rings (SSSR count). The molecule has 17 heavy (non-hydrogen) atoms. The Hall–Kier alpha value is -1.23. The van der Waals surface area contributed by atoms with Gasteiger partial charge in [0.1, 0.15) is 11.2 Å². The zero-order valence-corrected chi connectivity index (χ0v) is 10.3. The lowest BCUT2D eigenvalue weighted by Crippen LogP contribution is -2.15. The summed E-state index contributed by atoms with van der Waals surface area (Å²) in [7, 11) is 0. The fourth-order valence-corrected chi connectivity index (χ4v) is 3.88. The highest BCUT2D eigenvalue weighted by Crippen LogP contribution is 2.51. The minimum Gasteiger partial charge on any atom is -0.330 e. The van der Waals surface area contributed by atoms with Crippen LogP contribution in [0.1, 0.15) is 31.7 Å². The van der Waals surface area contributed by atoms with Crippen LogP contribution in [0.4, 0.5) is 0 Å². The van der Waals surface area contributed by atoms with Crippen LogP contribution < -0.4 is 0 Å². The number of hydrogen-bond donors (Lipinski definition) is 1. The number of aromatic amines is 1. The lowest BCUT2D eigenvalue weighted by Gasteiger charge is -2.23. The Balaban J connectivity index is 1.87. The third-order valence-corrected chi connectivity index (χ3v) is 4.74. The molecule has 3 atom stereocenters. The van der Waals surface area contributed by atoms with Gasteiger partial charge in [-0.3, -0.25) is 0 Å². The first kappa shape index (κ1) is 9.76. The van der Waals surface area contributed by atoms with E-state index in [1.165, 1.54) is 25.7 Å². The van der Waals surface area contributed by atoms with Gasteiger partial charge >= 0.3 is 0 Å². The van der Waals surface area contributed by atoms with Crippen LogP contribution in [-0.2, 0) is 0 Å². The van der Waals surface area contributed by atoms with Crippen molar-refractivity contribution in [3.63, 3.8) is 0 Å². The van der Waals surface area contributed by atoms with Gasteiger partial charge in [-0.25, -0.2) is 9.97 Å². The molecule has 2 aliphatic rings. The first-order chi connectivity index (χ1) is 8.33. The van der Waals surface area contributed by atoms with Crippen molar-refractivity contribution in [3.8, 4) is 0 Å². The molecule has 0 aliphatic heterocycles. The van der Waals surface area contributed by atoms with Crippen LogP contribution in [0.15, 0.2) is 12.7 Å². The summed E-state index contributed by atoms with van der Waals surface area (Å²) in [5.41, 5.74) is 1.88. The summed E-state index contributed by atoms with van der Waals surface area (Å²) >= 11 is 5.20. The zero-order valence-electron chi connectivity index (χ0n) is 9.47. The van der Waals surface area contributed by atoms with Crippen LogP contribution in [0.25, 0.3) is 11.2 Å². The number of fused-ring (bicyclic) bond motifs is 3. The maximum Gasteiger partial charge on any atom is 0.157 e. The van der Waals surface area contributed by atoms with E-state index in [9.17, 15) is 0 Å². The van der Waals surface area contributed by atoms with Crippen LogP contribution >= 0.6 is 12.2 Å². The van der Waals surface area contributed by atoms with Gasteiger partial charge in [0.2, 0.25) is 0 Å². The third-order valence-electron chi connectivity index (χ3n) is 4.44. The first-order valence-corrected chi connectivity index (χ1v) is 6.64. The summed E-state index contributed by atoms with van der Waals surface area (Å²) in [6, 6.07) is 0.617. The van der Waals surface area contributed by atoms with Gasteiger partial charge in [0.15, 0.2) is 4.64 Å². The minimum atomic E-state index is 0.598. The Kier molecular flexibility index (Phi) is 1.94. The molecular formula is C12H14N4S. The Morgan fingerprint density at radius 1 is 1.29 bits per heavy atom. The van der Waals surface area contributed by atoms with Crippen LogP contribution in [0.3, 0.4) is 0 Å². The number of aromatic nitrogens is 4. The molecule has 2 heterocycles. The van der Waals surface area contributed by atoms with E-state index in [0.717, 1.165) is 23.0 Å².